The number of hydrogen-bond donors (Lipinski definition) is 0. The molecule has 0 saturated carbocycles. The van der Waals surface area contributed by atoms with Crippen LogP contribution in [0.4, 0.5) is 0 Å². The number of carbonyl (C=O) groups is 1. The van der Waals surface area contributed by atoms with Gasteiger partial charge >= 0.3 is 0 Å². The van der Waals surface area contributed by atoms with Gasteiger partial charge in [-0.25, -0.2) is 4.98 Å². The molecule has 1 fully saturated rings. The van der Waals surface area contributed by atoms with Crippen molar-refractivity contribution in [2.45, 2.75) is 20.0 Å². The van der Waals surface area contributed by atoms with Crippen LogP contribution >= 0.6 is 11.3 Å². The van der Waals surface area contributed by atoms with Crippen LogP contribution < -0.4 is 4.74 Å². The Hall–Kier alpha value is -1.82. The zero-order valence-electron chi connectivity index (χ0n) is 10.8. The lowest BCUT2D eigenvalue weighted by Crippen LogP contribution is -2.56. The molecule has 5 nitrogen and oxygen atoms in total. The van der Waals surface area contributed by atoms with Crippen molar-refractivity contribution in [3.8, 4) is 5.19 Å². The Morgan fingerprint density at radius 2 is 2.32 bits per heavy atom. The van der Waals surface area contributed by atoms with Crippen LogP contribution in [0.25, 0.3) is 0 Å². The molecule has 0 aromatic carbocycles. The maximum atomic E-state index is 12.2. The van der Waals surface area contributed by atoms with Crippen LogP contribution in [0.3, 0.4) is 0 Å². The first kappa shape index (κ1) is 12.2. The van der Waals surface area contributed by atoms with Crippen molar-refractivity contribution < 1.29 is 13.9 Å². The standard InChI is InChI=1S/C13H14N2O3S/c1-8-5-11(9(2)17-8)12(16)15-6-10(7-15)18-13-14-3-4-19-13/h3-5,10H,6-7H2,1-2H3. The van der Waals surface area contributed by atoms with Gasteiger partial charge < -0.3 is 14.1 Å². The van der Waals surface area contributed by atoms with E-state index in [1.54, 1.807) is 17.2 Å². The van der Waals surface area contributed by atoms with Gasteiger partial charge in [-0.1, -0.05) is 11.3 Å². The lowest BCUT2D eigenvalue weighted by atomic mass is 10.1. The summed E-state index contributed by atoms with van der Waals surface area (Å²) in [4.78, 5) is 18.0. The highest BCUT2D eigenvalue weighted by atomic mass is 32.1. The van der Waals surface area contributed by atoms with E-state index >= 15 is 0 Å². The molecule has 3 rings (SSSR count). The molecule has 100 valence electrons. The van der Waals surface area contributed by atoms with E-state index in [-0.39, 0.29) is 12.0 Å². The second-order valence-corrected chi connectivity index (χ2v) is 5.43. The van der Waals surface area contributed by atoms with Crippen LogP contribution in [0.2, 0.25) is 0 Å². The van der Waals surface area contributed by atoms with E-state index < -0.39 is 0 Å². The SMILES string of the molecule is Cc1cc(C(=O)N2CC(Oc3nccs3)C2)c(C)o1. The fourth-order valence-electron chi connectivity index (χ4n) is 2.10. The molecule has 3 heterocycles. The summed E-state index contributed by atoms with van der Waals surface area (Å²) in [6.07, 6.45) is 1.75. The lowest BCUT2D eigenvalue weighted by Gasteiger charge is -2.38. The first-order valence-electron chi connectivity index (χ1n) is 6.06. The fourth-order valence-corrected chi connectivity index (χ4v) is 2.65. The number of thiazole rings is 1. The third kappa shape index (κ3) is 2.35. The molecule has 1 aliphatic heterocycles. The van der Waals surface area contributed by atoms with Crippen molar-refractivity contribution in [1.82, 2.24) is 9.88 Å². The first-order valence-corrected chi connectivity index (χ1v) is 6.94. The summed E-state index contributed by atoms with van der Waals surface area (Å²) in [5.74, 6) is 1.44. The number of aryl methyl sites for hydroxylation is 2. The molecule has 0 radical (unpaired) electrons. The third-order valence-electron chi connectivity index (χ3n) is 3.08. The van der Waals surface area contributed by atoms with E-state index in [1.807, 2.05) is 19.2 Å². The molecule has 19 heavy (non-hydrogen) atoms. The summed E-state index contributed by atoms with van der Waals surface area (Å²) in [5.41, 5.74) is 0.644. The van der Waals surface area contributed by atoms with E-state index in [2.05, 4.69) is 4.98 Å². The zero-order chi connectivity index (χ0) is 13.4. The van der Waals surface area contributed by atoms with Crippen molar-refractivity contribution in [3.63, 3.8) is 0 Å². The normalized spacial score (nSPS) is 15.4. The summed E-state index contributed by atoms with van der Waals surface area (Å²) in [6.45, 7) is 4.85. The number of amides is 1. The van der Waals surface area contributed by atoms with Crippen LogP contribution in [0.5, 0.6) is 5.19 Å². The van der Waals surface area contributed by atoms with E-state index in [0.29, 0.717) is 29.6 Å². The Balaban J connectivity index is 1.58. The van der Waals surface area contributed by atoms with Gasteiger partial charge in [0, 0.05) is 11.6 Å². The zero-order valence-corrected chi connectivity index (χ0v) is 11.6. The molecule has 0 bridgehead atoms. The Bertz CT molecular complexity index is 585. The predicted molar refractivity (Wildman–Crippen MR) is 70.6 cm³/mol. The average Bonchev–Trinajstić information content (AvgIpc) is 2.92. The van der Waals surface area contributed by atoms with E-state index in [9.17, 15) is 4.79 Å². The van der Waals surface area contributed by atoms with Gasteiger partial charge in [-0.15, -0.1) is 0 Å². The number of nitrogens with zero attached hydrogens (tertiary/aromatic N) is 2. The second-order valence-electron chi connectivity index (χ2n) is 4.57. The van der Waals surface area contributed by atoms with Gasteiger partial charge in [-0.3, -0.25) is 4.79 Å². The van der Waals surface area contributed by atoms with Crippen molar-refractivity contribution >= 4 is 17.2 Å². The lowest BCUT2D eigenvalue weighted by molar-refractivity contribution is 0.0176. The summed E-state index contributed by atoms with van der Waals surface area (Å²) in [7, 11) is 0. The number of hydrogen-bond acceptors (Lipinski definition) is 5. The number of furan rings is 1. The number of aromatic nitrogens is 1. The van der Waals surface area contributed by atoms with Gasteiger partial charge in [0.05, 0.1) is 18.7 Å². The summed E-state index contributed by atoms with van der Waals surface area (Å²) in [6, 6.07) is 1.78. The number of likely N-dealkylation sites (tertiary alicyclic amines) is 1. The van der Waals surface area contributed by atoms with Crippen LogP contribution in [0.15, 0.2) is 22.1 Å². The minimum Gasteiger partial charge on any atom is -0.466 e. The van der Waals surface area contributed by atoms with Crippen molar-refractivity contribution in [1.29, 1.82) is 0 Å². The maximum absolute atomic E-state index is 12.2. The number of ether oxygens (including phenoxy) is 1. The Kier molecular flexibility index (Phi) is 3.02. The Morgan fingerprint density at radius 1 is 1.53 bits per heavy atom. The van der Waals surface area contributed by atoms with Gasteiger partial charge in [0.2, 0.25) is 0 Å². The minimum absolute atomic E-state index is 0.00772. The quantitative estimate of drug-likeness (QED) is 0.864. The Morgan fingerprint density at radius 3 is 2.89 bits per heavy atom. The van der Waals surface area contributed by atoms with Crippen LogP contribution in [-0.2, 0) is 0 Å². The van der Waals surface area contributed by atoms with E-state index in [4.69, 9.17) is 9.15 Å². The van der Waals surface area contributed by atoms with Gasteiger partial charge in [0.25, 0.3) is 11.1 Å². The summed E-state index contributed by atoms with van der Waals surface area (Å²) in [5, 5.41) is 2.53. The van der Waals surface area contributed by atoms with Crippen LogP contribution in [-0.4, -0.2) is 35.0 Å². The summed E-state index contributed by atoms with van der Waals surface area (Å²) >= 11 is 1.46. The maximum Gasteiger partial charge on any atom is 0.273 e. The van der Waals surface area contributed by atoms with Gasteiger partial charge in [0.15, 0.2) is 0 Å². The van der Waals surface area contributed by atoms with Gasteiger partial charge in [0.1, 0.15) is 17.6 Å². The van der Waals surface area contributed by atoms with Crippen molar-refractivity contribution in [2.24, 2.45) is 0 Å². The molecule has 0 spiro atoms. The molecular formula is C13H14N2O3S. The molecule has 2 aromatic heterocycles. The second kappa shape index (κ2) is 4.70. The van der Waals surface area contributed by atoms with Gasteiger partial charge in [-0.2, -0.15) is 0 Å². The topological polar surface area (TPSA) is 55.6 Å². The smallest absolute Gasteiger partial charge is 0.273 e. The van der Waals surface area contributed by atoms with E-state index in [1.165, 1.54) is 11.3 Å². The molecular weight excluding hydrogens is 264 g/mol. The monoisotopic (exact) mass is 278 g/mol. The van der Waals surface area contributed by atoms with Gasteiger partial charge in [-0.05, 0) is 19.9 Å². The predicted octanol–water partition coefficient (Wildman–Crippen LogP) is 2.26. The first-order chi connectivity index (χ1) is 9.13. The third-order valence-corrected chi connectivity index (χ3v) is 3.74. The highest BCUT2D eigenvalue weighted by Crippen LogP contribution is 2.23. The minimum atomic E-state index is 0.00772. The van der Waals surface area contributed by atoms with Crippen LogP contribution in [0, 0.1) is 13.8 Å². The Labute approximate surface area is 114 Å². The molecule has 1 amide bonds. The number of rotatable bonds is 3. The molecule has 0 unspecified atom stereocenters. The highest BCUT2D eigenvalue weighted by Gasteiger charge is 2.34. The molecule has 1 saturated heterocycles. The molecule has 0 aliphatic carbocycles. The average molecular weight is 278 g/mol. The van der Waals surface area contributed by atoms with Crippen molar-refractivity contribution in [3.05, 3.63) is 34.7 Å². The largest absolute Gasteiger partial charge is 0.466 e. The molecule has 0 atom stereocenters. The highest BCUT2D eigenvalue weighted by molar-refractivity contribution is 7.11. The van der Waals surface area contributed by atoms with Crippen LogP contribution in [0.1, 0.15) is 21.9 Å². The van der Waals surface area contributed by atoms with E-state index in [0.717, 1.165) is 5.76 Å². The molecule has 1 aliphatic rings. The molecule has 6 heteroatoms. The fraction of sp³-hybridized carbons (Fsp3) is 0.385. The van der Waals surface area contributed by atoms with Crippen molar-refractivity contribution in [2.75, 3.05) is 13.1 Å². The summed E-state index contributed by atoms with van der Waals surface area (Å²) < 4.78 is 11.0. The molecule has 0 N–H and O–H groups in total. The number of carbonyl (C=O) groups excluding carboxylic acids is 1. The molecule has 2 aromatic rings.